The van der Waals surface area contributed by atoms with Gasteiger partial charge >= 0.3 is 0 Å². The Morgan fingerprint density at radius 1 is 1.78 bits per heavy atom. The molecule has 0 aromatic carbocycles. The van der Waals surface area contributed by atoms with Crippen LogP contribution in [-0.4, -0.2) is 11.1 Å². The summed E-state index contributed by atoms with van der Waals surface area (Å²) in [4.78, 5) is 20.1. The molecule has 0 unspecified atom stereocenters. The van der Waals surface area contributed by atoms with Gasteiger partial charge in [-0.05, 0) is 0 Å². The Balaban J connectivity index is 3.23. The first-order valence-corrected chi connectivity index (χ1v) is 2.21. The fourth-order valence-electron chi connectivity index (χ4n) is 0.422. The highest BCUT2D eigenvalue weighted by Gasteiger charge is 1.94. The molecule has 0 radical (unpaired) electrons. The molecule has 0 aliphatic carbocycles. The van der Waals surface area contributed by atoms with Gasteiger partial charge in [0.2, 0.25) is 0 Å². The Labute approximate surface area is 49.8 Å². The van der Waals surface area contributed by atoms with Crippen LogP contribution < -0.4 is 5.56 Å². The second-order valence-corrected chi connectivity index (χ2v) is 1.38. The molecule has 4 heteroatoms. The van der Waals surface area contributed by atoms with E-state index in [1.54, 1.807) is 0 Å². The van der Waals surface area contributed by atoms with Gasteiger partial charge in [-0.1, -0.05) is 0 Å². The minimum absolute atomic E-state index is 0.185. The zero-order valence-electron chi connectivity index (χ0n) is 4.38. The van der Waals surface area contributed by atoms with Crippen LogP contribution in [-0.2, 0) is 4.79 Å². The molecule has 0 spiro atoms. The fraction of sp³-hybridized carbons (Fsp3) is 0. The van der Waals surface area contributed by atoms with Crippen molar-refractivity contribution in [3.05, 3.63) is 22.2 Å². The Hall–Kier alpha value is -1.54. The van der Waals surface area contributed by atoms with Crippen molar-refractivity contribution in [3.63, 3.8) is 0 Å². The third-order valence-electron chi connectivity index (χ3n) is 0.814. The molecule has 1 N–H and O–H groups in total. The monoisotopic (exact) mass is 125 g/mol. The number of aromatic amines is 1. The van der Waals surface area contributed by atoms with E-state index in [-0.39, 0.29) is 5.56 Å². The van der Waals surface area contributed by atoms with Gasteiger partial charge in [0, 0.05) is 6.08 Å². The molecule has 0 aliphatic rings. The average Bonchev–Trinajstić information content (AvgIpc) is 2.18. The summed E-state index contributed by atoms with van der Waals surface area (Å²) in [5.74, 6) is 1.46. The van der Waals surface area contributed by atoms with Crippen molar-refractivity contribution in [3.8, 4) is 0 Å². The highest BCUT2D eigenvalue weighted by atomic mass is 16.5. The molecule has 4 nitrogen and oxygen atoms in total. The number of carbonyl (C=O) groups excluding carboxylic acids is 1. The predicted octanol–water partition coefficient (Wildman–Crippen LogP) is -0.187. The maximum absolute atomic E-state index is 10.4. The Bertz CT molecular complexity index is 289. The minimum Gasteiger partial charge on any atom is -0.386 e. The summed E-state index contributed by atoms with van der Waals surface area (Å²) in [6.07, 6.45) is 2.15. The number of rotatable bonds is 1. The fourth-order valence-corrected chi connectivity index (χ4v) is 0.422. The lowest BCUT2D eigenvalue weighted by Gasteiger charge is -1.64. The summed E-state index contributed by atoms with van der Waals surface area (Å²) in [6.45, 7) is 0. The number of H-pyrrole nitrogens is 1. The number of aromatic nitrogens is 1. The van der Waals surface area contributed by atoms with E-state index in [1.165, 1.54) is 5.94 Å². The van der Waals surface area contributed by atoms with E-state index in [1.807, 2.05) is 5.16 Å². The molecule has 46 valence electrons. The van der Waals surface area contributed by atoms with Crippen molar-refractivity contribution in [2.24, 2.45) is 0 Å². The van der Waals surface area contributed by atoms with E-state index in [4.69, 9.17) is 0 Å². The van der Waals surface area contributed by atoms with Gasteiger partial charge in [-0.25, -0.2) is 4.79 Å². The van der Waals surface area contributed by atoms with Gasteiger partial charge < -0.3 is 4.52 Å². The number of nitrogens with one attached hydrogen (secondary N) is 1. The first-order chi connectivity index (χ1) is 4.34. The van der Waals surface area contributed by atoms with Gasteiger partial charge in [0.05, 0.1) is 5.56 Å². The maximum Gasteiger partial charge on any atom is 0.287 e. The third kappa shape index (κ3) is 0.978. The molecular weight excluding hydrogens is 122 g/mol. The van der Waals surface area contributed by atoms with Gasteiger partial charge in [0.15, 0.2) is 0 Å². The number of hydrogen-bond acceptors (Lipinski definition) is 3. The maximum atomic E-state index is 10.4. The van der Waals surface area contributed by atoms with Crippen molar-refractivity contribution in [1.82, 2.24) is 5.16 Å². The molecule has 9 heavy (non-hydrogen) atoms. The predicted molar refractivity (Wildman–Crippen MR) is 29.5 cm³/mol. The van der Waals surface area contributed by atoms with Crippen LogP contribution in [0.2, 0.25) is 0 Å². The zero-order chi connectivity index (χ0) is 6.69. The smallest absolute Gasteiger partial charge is 0.287 e. The second kappa shape index (κ2) is 2.15. The van der Waals surface area contributed by atoms with Crippen LogP contribution in [0.25, 0.3) is 6.08 Å². The molecular formula is C5H3NO3. The van der Waals surface area contributed by atoms with Gasteiger partial charge in [0.25, 0.3) is 5.56 Å². The summed E-state index contributed by atoms with van der Waals surface area (Å²) in [5, 5.41) is 2.01. The summed E-state index contributed by atoms with van der Waals surface area (Å²) in [5.41, 5.74) is -0.233. The van der Waals surface area contributed by atoms with Crippen LogP contribution in [0.4, 0.5) is 0 Å². The normalized spacial score (nSPS) is 8.44. The van der Waals surface area contributed by atoms with Crippen LogP contribution >= 0.6 is 0 Å². The van der Waals surface area contributed by atoms with E-state index in [0.29, 0.717) is 0 Å². The summed E-state index contributed by atoms with van der Waals surface area (Å²) < 4.78 is 4.35. The lowest BCUT2D eigenvalue weighted by atomic mass is 10.4. The van der Waals surface area contributed by atoms with E-state index < -0.39 is 5.56 Å². The zero-order valence-corrected chi connectivity index (χ0v) is 4.38. The Morgan fingerprint density at radius 3 is 3.00 bits per heavy atom. The average molecular weight is 125 g/mol. The van der Waals surface area contributed by atoms with Crippen LogP contribution in [0.15, 0.2) is 15.6 Å². The van der Waals surface area contributed by atoms with Gasteiger partial charge in [-0.3, -0.25) is 4.79 Å². The lowest BCUT2D eigenvalue weighted by molar-refractivity contribution is 0.413. The SMILES string of the molecule is O=C=Cc1co[nH]c1=O. The first kappa shape index (κ1) is 5.59. The summed E-state index contributed by atoms with van der Waals surface area (Å²) >= 11 is 0. The number of hydrogen-bond donors (Lipinski definition) is 1. The van der Waals surface area contributed by atoms with Crippen LogP contribution in [0, 0.1) is 0 Å². The van der Waals surface area contributed by atoms with Crippen molar-refractivity contribution in [2.75, 3.05) is 0 Å². The molecule has 0 bridgehead atoms. The molecule has 0 saturated carbocycles. The lowest BCUT2D eigenvalue weighted by Crippen LogP contribution is -1.99. The van der Waals surface area contributed by atoms with E-state index in [0.717, 1.165) is 12.3 Å². The molecule has 1 heterocycles. The van der Waals surface area contributed by atoms with Gasteiger partial charge in [-0.15, -0.1) is 0 Å². The second-order valence-electron chi connectivity index (χ2n) is 1.38. The van der Waals surface area contributed by atoms with Crippen LogP contribution in [0.5, 0.6) is 0 Å². The van der Waals surface area contributed by atoms with E-state index in [9.17, 15) is 9.59 Å². The first-order valence-electron chi connectivity index (χ1n) is 2.21. The van der Waals surface area contributed by atoms with Crippen molar-refractivity contribution < 1.29 is 9.32 Å². The van der Waals surface area contributed by atoms with Crippen LogP contribution in [0.1, 0.15) is 5.56 Å². The van der Waals surface area contributed by atoms with Crippen molar-refractivity contribution >= 4 is 12.0 Å². The molecule has 0 fully saturated rings. The third-order valence-corrected chi connectivity index (χ3v) is 0.814. The van der Waals surface area contributed by atoms with Gasteiger partial charge in [0.1, 0.15) is 12.2 Å². The molecule has 1 rings (SSSR count). The van der Waals surface area contributed by atoms with Crippen molar-refractivity contribution in [2.45, 2.75) is 0 Å². The topological polar surface area (TPSA) is 63.1 Å². The minimum atomic E-state index is -0.418. The van der Waals surface area contributed by atoms with Crippen LogP contribution in [0.3, 0.4) is 0 Å². The van der Waals surface area contributed by atoms with E-state index in [2.05, 4.69) is 4.52 Å². The molecule has 0 saturated heterocycles. The molecule has 0 aliphatic heterocycles. The standard InChI is InChI=1S/C5H3NO3/c7-2-1-4-3-9-6-5(4)8/h1,3H,(H,6,8). The molecule has 0 amide bonds. The molecule has 1 aromatic rings. The van der Waals surface area contributed by atoms with Crippen molar-refractivity contribution in [1.29, 1.82) is 0 Å². The largest absolute Gasteiger partial charge is 0.386 e. The summed E-state index contributed by atoms with van der Waals surface area (Å²) in [6, 6.07) is 0. The Morgan fingerprint density at radius 2 is 2.56 bits per heavy atom. The summed E-state index contributed by atoms with van der Waals surface area (Å²) in [7, 11) is 0. The Kier molecular flexibility index (Phi) is 1.34. The van der Waals surface area contributed by atoms with E-state index >= 15 is 0 Å². The van der Waals surface area contributed by atoms with Gasteiger partial charge in [-0.2, -0.15) is 5.16 Å². The highest BCUT2D eigenvalue weighted by Crippen LogP contribution is 1.87. The quantitative estimate of drug-likeness (QED) is 0.529. The molecule has 0 atom stereocenters. The molecule has 1 aromatic heterocycles. The highest BCUT2D eigenvalue weighted by molar-refractivity contribution is 5.73.